The second-order valence-corrected chi connectivity index (χ2v) is 8.42. The van der Waals surface area contributed by atoms with E-state index >= 15 is 0 Å². The third-order valence-electron chi connectivity index (χ3n) is 6.02. The van der Waals surface area contributed by atoms with Crippen LogP contribution in [0, 0.1) is 12.8 Å². The number of aromatic nitrogens is 3. The van der Waals surface area contributed by atoms with E-state index in [1.54, 1.807) is 6.92 Å². The maximum atomic E-state index is 12.8. The summed E-state index contributed by atoms with van der Waals surface area (Å²) < 4.78 is 46.0. The molecule has 3 rings (SSSR count). The first-order chi connectivity index (χ1) is 14.7. The van der Waals surface area contributed by atoms with Crippen molar-refractivity contribution in [2.45, 2.75) is 51.9 Å². The van der Waals surface area contributed by atoms with E-state index in [0.717, 1.165) is 50.0 Å². The second-order valence-electron chi connectivity index (χ2n) is 8.42. The predicted octanol–water partition coefficient (Wildman–Crippen LogP) is 2.57. The number of halogens is 4. The van der Waals surface area contributed by atoms with E-state index in [-0.39, 0.29) is 36.0 Å². The third kappa shape index (κ3) is 8.01. The fourth-order valence-electron chi connectivity index (χ4n) is 4.11. The molecule has 0 radical (unpaired) electrons. The highest BCUT2D eigenvalue weighted by molar-refractivity contribution is 14.0. The van der Waals surface area contributed by atoms with E-state index in [2.05, 4.69) is 20.4 Å². The van der Waals surface area contributed by atoms with Crippen molar-refractivity contribution >= 4 is 29.9 Å². The van der Waals surface area contributed by atoms with Crippen molar-refractivity contribution in [2.75, 3.05) is 45.9 Å². The first kappa shape index (κ1) is 27.1. The van der Waals surface area contributed by atoms with Gasteiger partial charge in [-0.05, 0) is 38.6 Å². The van der Waals surface area contributed by atoms with Crippen LogP contribution in [0.5, 0.6) is 0 Å². The average Bonchev–Trinajstić information content (AvgIpc) is 3.45. The van der Waals surface area contributed by atoms with Crippen molar-refractivity contribution in [1.29, 1.82) is 0 Å². The summed E-state index contributed by atoms with van der Waals surface area (Å²) in [5.74, 6) is 2.53. The highest BCUT2D eigenvalue weighted by Crippen LogP contribution is 2.22. The number of guanidine groups is 1. The van der Waals surface area contributed by atoms with E-state index in [0.29, 0.717) is 32.7 Å². The second kappa shape index (κ2) is 12.4. The molecule has 0 amide bonds. The Labute approximate surface area is 205 Å². The molecule has 0 saturated carbocycles. The molecule has 0 bridgehead atoms. The molecule has 8 nitrogen and oxygen atoms in total. The zero-order chi connectivity index (χ0) is 22.4. The van der Waals surface area contributed by atoms with E-state index < -0.39 is 12.7 Å². The van der Waals surface area contributed by atoms with Crippen LogP contribution < -0.4 is 5.32 Å². The molecule has 0 spiro atoms. The van der Waals surface area contributed by atoms with Crippen LogP contribution in [-0.4, -0.2) is 88.7 Å². The number of hydrogen-bond acceptors (Lipinski definition) is 5. The summed E-state index contributed by atoms with van der Waals surface area (Å²) in [6.07, 6.45) is -1.07. The summed E-state index contributed by atoms with van der Waals surface area (Å²) in [7, 11) is 1.91. The third-order valence-corrected chi connectivity index (χ3v) is 6.02. The number of ether oxygens (including phenoxy) is 1. The van der Waals surface area contributed by atoms with Gasteiger partial charge < -0.3 is 19.5 Å². The number of rotatable bonds is 8. The van der Waals surface area contributed by atoms with E-state index in [9.17, 15) is 13.2 Å². The molecular weight excluding hydrogens is 538 g/mol. The standard InChI is InChI=1S/C20H34F3N7O.HI/c1-4-29(14-20(21,22)23)12-16-7-8-30(13-16)19(24-10-17-6-5-9-31-17)25-11-18-27-26-15(2)28(18)3;/h16-17H,4-14H2,1-3H3,(H,24,25);1H. The number of alkyl halides is 3. The van der Waals surface area contributed by atoms with Gasteiger partial charge >= 0.3 is 6.18 Å². The van der Waals surface area contributed by atoms with Gasteiger partial charge in [-0.25, -0.2) is 4.99 Å². The predicted molar refractivity (Wildman–Crippen MR) is 127 cm³/mol. The van der Waals surface area contributed by atoms with E-state index in [1.165, 1.54) is 4.90 Å². The lowest BCUT2D eigenvalue weighted by Crippen LogP contribution is -2.44. The van der Waals surface area contributed by atoms with Gasteiger partial charge in [0.05, 0.1) is 12.6 Å². The van der Waals surface area contributed by atoms with Crippen molar-refractivity contribution in [1.82, 2.24) is 29.9 Å². The summed E-state index contributed by atoms with van der Waals surface area (Å²) in [5.41, 5.74) is 0. The number of likely N-dealkylation sites (tertiary alicyclic amines) is 1. The maximum absolute atomic E-state index is 12.8. The Kier molecular flexibility index (Phi) is 10.5. The fraction of sp³-hybridized carbons (Fsp3) is 0.850. The first-order valence-corrected chi connectivity index (χ1v) is 11.0. The lowest BCUT2D eigenvalue weighted by molar-refractivity contribution is -0.146. The van der Waals surface area contributed by atoms with Gasteiger partial charge in [0.25, 0.3) is 0 Å². The molecule has 12 heteroatoms. The van der Waals surface area contributed by atoms with Crippen LogP contribution in [0.25, 0.3) is 0 Å². The van der Waals surface area contributed by atoms with Gasteiger partial charge in [-0.15, -0.1) is 34.2 Å². The summed E-state index contributed by atoms with van der Waals surface area (Å²) in [6.45, 7) is 6.94. The Balaban J connectivity index is 0.00000363. The molecule has 2 aliphatic rings. The van der Waals surface area contributed by atoms with Crippen molar-refractivity contribution in [2.24, 2.45) is 18.0 Å². The van der Waals surface area contributed by atoms with Gasteiger partial charge in [0, 0.05) is 39.8 Å². The van der Waals surface area contributed by atoms with Gasteiger partial charge in [0.1, 0.15) is 12.4 Å². The lowest BCUT2D eigenvalue weighted by atomic mass is 10.1. The summed E-state index contributed by atoms with van der Waals surface area (Å²) in [4.78, 5) is 8.39. The average molecular weight is 573 g/mol. The highest BCUT2D eigenvalue weighted by atomic mass is 127. The normalized spacial score (nSPS) is 22.0. The minimum Gasteiger partial charge on any atom is -0.376 e. The number of nitrogens with zero attached hydrogens (tertiary/aromatic N) is 6. The molecule has 32 heavy (non-hydrogen) atoms. The maximum Gasteiger partial charge on any atom is 0.401 e. The molecule has 0 aliphatic carbocycles. The molecule has 1 aromatic rings. The van der Waals surface area contributed by atoms with Gasteiger partial charge in [-0.1, -0.05) is 6.92 Å². The highest BCUT2D eigenvalue weighted by Gasteiger charge is 2.33. The zero-order valence-corrected chi connectivity index (χ0v) is 21.4. The largest absolute Gasteiger partial charge is 0.401 e. The SMILES string of the molecule is CCN(CC1CCN(C(=NCc2nnc(C)n2C)NCC2CCCO2)C1)CC(F)(F)F.I. The van der Waals surface area contributed by atoms with Crippen LogP contribution >= 0.6 is 24.0 Å². The van der Waals surface area contributed by atoms with Crippen LogP contribution in [-0.2, 0) is 18.3 Å². The molecule has 1 aromatic heterocycles. The number of aryl methyl sites for hydroxylation is 1. The minimum atomic E-state index is -4.17. The lowest BCUT2D eigenvalue weighted by Gasteiger charge is -2.26. The molecule has 2 atom stereocenters. The monoisotopic (exact) mass is 573 g/mol. The van der Waals surface area contributed by atoms with Crippen LogP contribution in [0.1, 0.15) is 37.8 Å². The summed E-state index contributed by atoms with van der Waals surface area (Å²) in [6, 6.07) is 0. The Morgan fingerprint density at radius 1 is 1.31 bits per heavy atom. The van der Waals surface area contributed by atoms with Gasteiger partial charge in [-0.3, -0.25) is 4.90 Å². The molecule has 3 heterocycles. The molecule has 2 unspecified atom stereocenters. The number of aliphatic imine (C=N–C) groups is 1. The molecule has 0 aromatic carbocycles. The Hall–Kier alpha value is -1.15. The summed E-state index contributed by atoms with van der Waals surface area (Å²) in [5, 5.41) is 11.7. The van der Waals surface area contributed by atoms with Gasteiger partial charge in [0.15, 0.2) is 11.8 Å². The molecule has 2 aliphatic heterocycles. The van der Waals surface area contributed by atoms with Crippen molar-refractivity contribution in [3.63, 3.8) is 0 Å². The van der Waals surface area contributed by atoms with E-state index in [1.807, 2.05) is 18.5 Å². The molecule has 2 saturated heterocycles. The smallest absolute Gasteiger partial charge is 0.376 e. The van der Waals surface area contributed by atoms with E-state index in [4.69, 9.17) is 9.73 Å². The van der Waals surface area contributed by atoms with Crippen LogP contribution in [0.4, 0.5) is 13.2 Å². The van der Waals surface area contributed by atoms with Crippen LogP contribution in [0.15, 0.2) is 4.99 Å². The van der Waals surface area contributed by atoms with Gasteiger partial charge in [0.2, 0.25) is 0 Å². The zero-order valence-electron chi connectivity index (χ0n) is 19.1. The van der Waals surface area contributed by atoms with Crippen molar-refractivity contribution < 1.29 is 17.9 Å². The fourth-order valence-corrected chi connectivity index (χ4v) is 4.11. The molecular formula is C20H35F3IN7O. The summed E-state index contributed by atoms with van der Waals surface area (Å²) >= 11 is 0. The quantitative estimate of drug-likeness (QED) is 0.293. The van der Waals surface area contributed by atoms with Crippen LogP contribution in [0.3, 0.4) is 0 Å². The number of nitrogens with one attached hydrogen (secondary N) is 1. The Morgan fingerprint density at radius 3 is 2.69 bits per heavy atom. The molecule has 1 N–H and O–H groups in total. The first-order valence-electron chi connectivity index (χ1n) is 11.0. The molecule has 184 valence electrons. The number of hydrogen-bond donors (Lipinski definition) is 1. The van der Waals surface area contributed by atoms with Gasteiger partial charge in [-0.2, -0.15) is 13.2 Å². The van der Waals surface area contributed by atoms with Crippen LogP contribution in [0.2, 0.25) is 0 Å². The van der Waals surface area contributed by atoms with Crippen molar-refractivity contribution in [3.8, 4) is 0 Å². The molecule has 2 fully saturated rings. The Morgan fingerprint density at radius 2 is 2.09 bits per heavy atom. The Bertz CT molecular complexity index is 737. The minimum absolute atomic E-state index is 0. The topological polar surface area (TPSA) is 70.8 Å². The van der Waals surface area contributed by atoms with Crippen molar-refractivity contribution in [3.05, 3.63) is 11.6 Å².